The molecule has 1 aliphatic heterocycles. The minimum Gasteiger partial charge on any atom is -0.444 e. The van der Waals surface area contributed by atoms with Gasteiger partial charge in [-0.05, 0) is 43.1 Å². The summed E-state index contributed by atoms with van der Waals surface area (Å²) in [7, 11) is 0. The van der Waals surface area contributed by atoms with Gasteiger partial charge in [0.2, 0.25) is 5.95 Å². The number of aromatic nitrogens is 2. The van der Waals surface area contributed by atoms with E-state index >= 15 is 0 Å². The molecule has 1 fully saturated rings. The van der Waals surface area contributed by atoms with Crippen LogP contribution in [-0.4, -0.2) is 40.8 Å². The highest BCUT2D eigenvalue weighted by molar-refractivity contribution is 9.10. The smallest absolute Gasteiger partial charge is 0.407 e. The number of carbonyl (C=O) groups is 1. The van der Waals surface area contributed by atoms with Crippen molar-refractivity contribution in [1.82, 2.24) is 15.3 Å². The molecular weight excluding hydrogens is 324 g/mol. The Balaban J connectivity index is 1.86. The van der Waals surface area contributed by atoms with E-state index < -0.39 is 5.60 Å². The maximum absolute atomic E-state index is 11.7. The summed E-state index contributed by atoms with van der Waals surface area (Å²) in [6.45, 7) is 7.07. The fourth-order valence-corrected chi connectivity index (χ4v) is 2.21. The lowest BCUT2D eigenvalue weighted by Gasteiger charge is -2.22. The first-order chi connectivity index (χ1) is 9.33. The molecule has 1 N–H and O–H groups in total. The molecule has 0 aromatic carbocycles. The van der Waals surface area contributed by atoms with Crippen LogP contribution in [0.4, 0.5) is 10.7 Å². The summed E-state index contributed by atoms with van der Waals surface area (Å²) < 4.78 is 6.10. The highest BCUT2D eigenvalue weighted by Crippen LogP contribution is 2.17. The highest BCUT2D eigenvalue weighted by Gasteiger charge is 2.27. The Bertz CT molecular complexity index is 472. The van der Waals surface area contributed by atoms with Crippen molar-refractivity contribution in [2.45, 2.75) is 38.8 Å². The third-order valence-corrected chi connectivity index (χ3v) is 3.21. The molecule has 1 aliphatic rings. The van der Waals surface area contributed by atoms with E-state index in [1.54, 1.807) is 12.4 Å². The molecule has 1 saturated heterocycles. The maximum Gasteiger partial charge on any atom is 0.407 e. The zero-order valence-corrected chi connectivity index (χ0v) is 13.5. The number of rotatable bonds is 2. The van der Waals surface area contributed by atoms with Gasteiger partial charge in [-0.3, -0.25) is 0 Å². The summed E-state index contributed by atoms with van der Waals surface area (Å²) >= 11 is 3.31. The fraction of sp³-hybridized carbons (Fsp3) is 0.615. The molecular formula is C13H19BrN4O2. The Kier molecular flexibility index (Phi) is 4.47. The number of alkyl carbamates (subject to hydrolysis) is 1. The number of hydrogen-bond acceptors (Lipinski definition) is 5. The molecule has 0 radical (unpaired) electrons. The molecule has 2 heterocycles. The van der Waals surface area contributed by atoms with Crippen molar-refractivity contribution in [1.29, 1.82) is 0 Å². The molecule has 1 aromatic heterocycles. The summed E-state index contributed by atoms with van der Waals surface area (Å²) in [5.74, 6) is 0.682. The second kappa shape index (κ2) is 5.95. The molecule has 6 nitrogen and oxygen atoms in total. The van der Waals surface area contributed by atoms with Crippen molar-refractivity contribution < 1.29 is 9.53 Å². The lowest BCUT2D eigenvalue weighted by atomic mass is 10.2. The van der Waals surface area contributed by atoms with Gasteiger partial charge in [0, 0.05) is 25.5 Å². The predicted molar refractivity (Wildman–Crippen MR) is 79.7 cm³/mol. The van der Waals surface area contributed by atoms with Crippen LogP contribution in [0.15, 0.2) is 16.9 Å². The van der Waals surface area contributed by atoms with Crippen molar-refractivity contribution >= 4 is 28.0 Å². The third-order valence-electron chi connectivity index (χ3n) is 2.80. The monoisotopic (exact) mass is 342 g/mol. The SMILES string of the molecule is CC(C)(C)OC(=O)N[C@H]1CCN(c2ncc(Br)cn2)C1. The van der Waals surface area contributed by atoms with Gasteiger partial charge in [0.25, 0.3) is 0 Å². The van der Waals surface area contributed by atoms with Crippen LogP contribution in [-0.2, 0) is 4.74 Å². The highest BCUT2D eigenvalue weighted by atomic mass is 79.9. The Hall–Kier alpha value is -1.37. The van der Waals surface area contributed by atoms with E-state index in [4.69, 9.17) is 4.74 Å². The number of nitrogens with one attached hydrogen (secondary N) is 1. The number of nitrogens with zero attached hydrogens (tertiary/aromatic N) is 3. The Morgan fingerprint density at radius 3 is 2.70 bits per heavy atom. The van der Waals surface area contributed by atoms with Crippen LogP contribution in [0.3, 0.4) is 0 Å². The van der Waals surface area contributed by atoms with Crippen LogP contribution in [0, 0.1) is 0 Å². The molecule has 0 spiro atoms. The van der Waals surface area contributed by atoms with Crippen LogP contribution in [0.25, 0.3) is 0 Å². The second-order valence-electron chi connectivity index (χ2n) is 5.78. The summed E-state index contributed by atoms with van der Waals surface area (Å²) in [6.07, 6.45) is 3.92. The summed E-state index contributed by atoms with van der Waals surface area (Å²) in [6, 6.07) is 0.0668. The average molecular weight is 343 g/mol. The number of ether oxygens (including phenoxy) is 1. The van der Waals surface area contributed by atoms with Crippen molar-refractivity contribution in [3.63, 3.8) is 0 Å². The van der Waals surface area contributed by atoms with Crippen LogP contribution in [0.2, 0.25) is 0 Å². The van der Waals surface area contributed by atoms with Gasteiger partial charge < -0.3 is 15.0 Å². The van der Waals surface area contributed by atoms with E-state index in [1.165, 1.54) is 0 Å². The first kappa shape index (κ1) is 15.0. The maximum atomic E-state index is 11.7. The molecule has 0 saturated carbocycles. The first-order valence-corrected chi connectivity index (χ1v) is 7.35. The van der Waals surface area contributed by atoms with Crippen molar-refractivity contribution in [3.8, 4) is 0 Å². The van der Waals surface area contributed by atoms with Crippen LogP contribution in [0.5, 0.6) is 0 Å². The van der Waals surface area contributed by atoms with Crippen molar-refractivity contribution in [2.75, 3.05) is 18.0 Å². The van der Waals surface area contributed by atoms with E-state index in [0.29, 0.717) is 12.5 Å². The minimum absolute atomic E-state index is 0.0668. The standard InChI is InChI=1S/C13H19BrN4O2/c1-13(2,3)20-12(19)17-10-4-5-18(8-10)11-15-6-9(14)7-16-11/h6-7,10H,4-5,8H2,1-3H3,(H,17,19)/t10-/m0/s1. The molecule has 2 rings (SSSR count). The normalized spacial score (nSPS) is 19.0. The second-order valence-corrected chi connectivity index (χ2v) is 6.69. The Morgan fingerprint density at radius 1 is 1.45 bits per heavy atom. The van der Waals surface area contributed by atoms with E-state index in [-0.39, 0.29) is 12.1 Å². The first-order valence-electron chi connectivity index (χ1n) is 6.55. The van der Waals surface area contributed by atoms with E-state index in [1.807, 2.05) is 20.8 Å². The number of carbonyl (C=O) groups excluding carboxylic acids is 1. The average Bonchev–Trinajstić information content (AvgIpc) is 2.75. The van der Waals surface area contributed by atoms with Gasteiger partial charge in [0.1, 0.15) is 5.60 Å². The molecule has 110 valence electrons. The molecule has 20 heavy (non-hydrogen) atoms. The van der Waals surface area contributed by atoms with Gasteiger partial charge in [0.15, 0.2) is 0 Å². The quantitative estimate of drug-likeness (QED) is 0.893. The minimum atomic E-state index is -0.475. The lowest BCUT2D eigenvalue weighted by Crippen LogP contribution is -2.40. The number of amides is 1. The lowest BCUT2D eigenvalue weighted by molar-refractivity contribution is 0.0509. The van der Waals surface area contributed by atoms with Gasteiger partial charge in [-0.15, -0.1) is 0 Å². The number of hydrogen-bond donors (Lipinski definition) is 1. The molecule has 1 atom stereocenters. The zero-order chi connectivity index (χ0) is 14.8. The predicted octanol–water partition coefficient (Wildman–Crippen LogP) is 2.34. The molecule has 0 unspecified atom stereocenters. The summed E-state index contributed by atoms with van der Waals surface area (Å²) in [5.41, 5.74) is -0.475. The van der Waals surface area contributed by atoms with Crippen LogP contribution in [0.1, 0.15) is 27.2 Å². The summed E-state index contributed by atoms with van der Waals surface area (Å²) in [4.78, 5) is 22.3. The van der Waals surface area contributed by atoms with Crippen molar-refractivity contribution in [3.05, 3.63) is 16.9 Å². The topological polar surface area (TPSA) is 67.3 Å². The summed E-state index contributed by atoms with van der Waals surface area (Å²) in [5, 5.41) is 2.88. The number of halogens is 1. The van der Waals surface area contributed by atoms with Gasteiger partial charge in [-0.25, -0.2) is 14.8 Å². The Morgan fingerprint density at radius 2 is 2.10 bits per heavy atom. The van der Waals surface area contributed by atoms with Crippen LogP contribution >= 0.6 is 15.9 Å². The number of anilines is 1. The van der Waals surface area contributed by atoms with Crippen molar-refractivity contribution in [2.24, 2.45) is 0 Å². The van der Waals surface area contributed by atoms with Crippen LogP contribution < -0.4 is 10.2 Å². The third kappa shape index (κ3) is 4.33. The molecule has 7 heteroatoms. The van der Waals surface area contributed by atoms with Gasteiger partial charge in [-0.1, -0.05) is 0 Å². The van der Waals surface area contributed by atoms with Gasteiger partial charge in [0.05, 0.1) is 10.5 Å². The fourth-order valence-electron chi connectivity index (χ4n) is 2.00. The van der Waals surface area contributed by atoms with E-state index in [9.17, 15) is 4.79 Å². The van der Waals surface area contributed by atoms with E-state index in [0.717, 1.165) is 17.4 Å². The largest absolute Gasteiger partial charge is 0.444 e. The molecule has 0 aliphatic carbocycles. The van der Waals surface area contributed by atoms with Gasteiger partial charge in [-0.2, -0.15) is 0 Å². The molecule has 0 bridgehead atoms. The molecule has 1 aromatic rings. The molecule has 1 amide bonds. The van der Waals surface area contributed by atoms with Gasteiger partial charge >= 0.3 is 6.09 Å². The zero-order valence-electron chi connectivity index (χ0n) is 11.9. The van der Waals surface area contributed by atoms with E-state index in [2.05, 4.69) is 36.1 Å². The Labute approximate surface area is 127 Å².